The fraction of sp³-hybridized carbons (Fsp3) is 0.550. The Bertz CT molecular complexity index is 789. The van der Waals surface area contributed by atoms with Gasteiger partial charge in [-0.3, -0.25) is 9.89 Å². The molecule has 1 aromatic heterocycles. The first kappa shape index (κ1) is 21.5. The smallest absolute Gasteiger partial charge is 0.191 e. The molecule has 0 radical (unpaired) electrons. The number of benzene rings is 1. The summed E-state index contributed by atoms with van der Waals surface area (Å²) in [6.07, 6.45) is 2.64. The number of guanidine groups is 1. The molecule has 1 aliphatic rings. The molecule has 0 aliphatic carbocycles. The van der Waals surface area contributed by atoms with Crippen molar-refractivity contribution in [2.75, 3.05) is 46.4 Å². The highest BCUT2D eigenvalue weighted by Gasteiger charge is 2.23. The van der Waals surface area contributed by atoms with Crippen molar-refractivity contribution >= 4 is 17.6 Å². The Morgan fingerprint density at radius 3 is 2.86 bits per heavy atom. The summed E-state index contributed by atoms with van der Waals surface area (Å²) < 4.78 is 7.59. The van der Waals surface area contributed by atoms with E-state index in [0.717, 1.165) is 69.2 Å². The van der Waals surface area contributed by atoms with Crippen LogP contribution in [0.5, 0.6) is 0 Å². The third-order valence-corrected chi connectivity index (χ3v) is 5.30. The van der Waals surface area contributed by atoms with Crippen LogP contribution in [-0.4, -0.2) is 72.1 Å². The summed E-state index contributed by atoms with van der Waals surface area (Å²) in [6, 6.07) is 8.27. The van der Waals surface area contributed by atoms with Gasteiger partial charge in [0, 0.05) is 51.2 Å². The maximum atomic E-state index is 6.25. The summed E-state index contributed by atoms with van der Waals surface area (Å²) in [5.74, 6) is 1.76. The van der Waals surface area contributed by atoms with E-state index >= 15 is 0 Å². The number of hydrogen-bond donors (Lipinski definition) is 2. The lowest BCUT2D eigenvalue weighted by atomic mass is 10.0. The minimum atomic E-state index is 0.195. The van der Waals surface area contributed by atoms with E-state index in [9.17, 15) is 0 Å². The molecular formula is C20H30ClN7O. The van der Waals surface area contributed by atoms with E-state index in [1.165, 1.54) is 5.56 Å². The second-order valence-corrected chi connectivity index (χ2v) is 7.33. The highest BCUT2D eigenvalue weighted by atomic mass is 35.5. The Kier molecular flexibility index (Phi) is 8.27. The fourth-order valence-electron chi connectivity index (χ4n) is 3.51. The maximum absolute atomic E-state index is 6.25. The number of aliphatic imine (C=N–C) groups is 1. The molecule has 1 aliphatic heterocycles. The summed E-state index contributed by atoms with van der Waals surface area (Å²) >= 11 is 6.25. The molecule has 3 rings (SSSR count). The van der Waals surface area contributed by atoms with Crippen molar-refractivity contribution in [1.82, 2.24) is 30.3 Å². The molecule has 1 unspecified atom stereocenters. The van der Waals surface area contributed by atoms with E-state index in [1.807, 2.05) is 18.2 Å². The van der Waals surface area contributed by atoms with Gasteiger partial charge in [-0.2, -0.15) is 0 Å². The number of rotatable bonds is 8. The van der Waals surface area contributed by atoms with E-state index in [-0.39, 0.29) is 6.04 Å². The van der Waals surface area contributed by atoms with Crippen molar-refractivity contribution in [2.45, 2.75) is 25.9 Å². The van der Waals surface area contributed by atoms with E-state index in [0.29, 0.717) is 0 Å². The van der Waals surface area contributed by atoms with Crippen LogP contribution in [0.3, 0.4) is 0 Å². The van der Waals surface area contributed by atoms with Gasteiger partial charge in [0.15, 0.2) is 5.96 Å². The number of ether oxygens (including phenoxy) is 1. The van der Waals surface area contributed by atoms with Crippen LogP contribution in [0.1, 0.15) is 24.4 Å². The molecular weight excluding hydrogens is 390 g/mol. The lowest BCUT2D eigenvalue weighted by Gasteiger charge is -2.35. The molecule has 2 N–H and O–H groups in total. The quantitative estimate of drug-likeness (QED) is 0.501. The number of halogens is 1. The van der Waals surface area contributed by atoms with Gasteiger partial charge >= 0.3 is 0 Å². The summed E-state index contributed by atoms with van der Waals surface area (Å²) in [5.41, 5.74) is 1.19. The van der Waals surface area contributed by atoms with Crippen molar-refractivity contribution < 1.29 is 4.74 Å². The lowest BCUT2D eigenvalue weighted by Crippen LogP contribution is -2.46. The fourth-order valence-corrected chi connectivity index (χ4v) is 3.71. The highest BCUT2D eigenvalue weighted by molar-refractivity contribution is 6.30. The minimum Gasteiger partial charge on any atom is -0.379 e. The largest absolute Gasteiger partial charge is 0.379 e. The van der Waals surface area contributed by atoms with E-state index < -0.39 is 0 Å². The van der Waals surface area contributed by atoms with Gasteiger partial charge in [-0.05, 0) is 17.7 Å². The summed E-state index contributed by atoms with van der Waals surface area (Å²) in [4.78, 5) is 6.79. The average Bonchev–Trinajstić information content (AvgIpc) is 3.21. The standard InChI is InChI=1S/C20H30ClN7O/c1-3-19-26-25-15-28(19)8-7-23-20(22-2)24-14-18(27-9-11-29-12-10-27)16-5-4-6-17(21)13-16/h4-6,13,15,18H,3,7-12,14H2,1-2H3,(H2,22,23,24). The van der Waals surface area contributed by atoms with Crippen molar-refractivity contribution in [2.24, 2.45) is 4.99 Å². The molecule has 2 aromatic rings. The van der Waals surface area contributed by atoms with Crippen LogP contribution in [0, 0.1) is 0 Å². The molecule has 1 fully saturated rings. The first-order valence-corrected chi connectivity index (χ1v) is 10.5. The summed E-state index contributed by atoms with van der Waals surface area (Å²) in [6.45, 7) is 7.65. The van der Waals surface area contributed by atoms with Gasteiger partial charge in [0.1, 0.15) is 12.2 Å². The van der Waals surface area contributed by atoms with Crippen LogP contribution in [0.15, 0.2) is 35.6 Å². The normalized spacial score (nSPS) is 16.6. The van der Waals surface area contributed by atoms with Crippen LogP contribution in [0.25, 0.3) is 0 Å². The van der Waals surface area contributed by atoms with E-state index in [1.54, 1.807) is 13.4 Å². The van der Waals surface area contributed by atoms with Crippen LogP contribution < -0.4 is 10.6 Å². The number of nitrogens with one attached hydrogen (secondary N) is 2. The molecule has 2 heterocycles. The van der Waals surface area contributed by atoms with E-state index in [4.69, 9.17) is 16.3 Å². The maximum Gasteiger partial charge on any atom is 0.191 e. The molecule has 0 bridgehead atoms. The van der Waals surface area contributed by atoms with Gasteiger partial charge in [-0.15, -0.1) is 10.2 Å². The zero-order valence-electron chi connectivity index (χ0n) is 17.1. The Morgan fingerprint density at radius 1 is 1.31 bits per heavy atom. The summed E-state index contributed by atoms with van der Waals surface area (Å²) in [5, 5.41) is 15.7. The second-order valence-electron chi connectivity index (χ2n) is 6.89. The number of aryl methyl sites for hydroxylation is 1. The molecule has 1 atom stereocenters. The highest BCUT2D eigenvalue weighted by Crippen LogP contribution is 2.23. The van der Waals surface area contributed by atoms with Gasteiger partial charge in [0.2, 0.25) is 0 Å². The van der Waals surface area contributed by atoms with Gasteiger partial charge < -0.3 is 19.9 Å². The molecule has 0 spiro atoms. The Morgan fingerprint density at radius 2 is 2.14 bits per heavy atom. The second kappa shape index (κ2) is 11.1. The molecule has 0 saturated carbocycles. The first-order chi connectivity index (χ1) is 14.2. The average molecular weight is 420 g/mol. The first-order valence-electron chi connectivity index (χ1n) is 10.1. The number of morpholine rings is 1. The molecule has 0 amide bonds. The van der Waals surface area contributed by atoms with Crippen LogP contribution >= 0.6 is 11.6 Å². The number of aromatic nitrogens is 3. The lowest BCUT2D eigenvalue weighted by molar-refractivity contribution is 0.0170. The zero-order chi connectivity index (χ0) is 20.5. The topological polar surface area (TPSA) is 79.6 Å². The van der Waals surface area contributed by atoms with E-state index in [2.05, 4.69) is 48.3 Å². The molecule has 1 saturated heterocycles. The molecule has 8 nitrogen and oxygen atoms in total. The zero-order valence-corrected chi connectivity index (χ0v) is 17.9. The monoisotopic (exact) mass is 419 g/mol. The Labute approximate surface area is 177 Å². The van der Waals surface area contributed by atoms with Gasteiger partial charge in [-0.1, -0.05) is 30.7 Å². The van der Waals surface area contributed by atoms with Crippen LogP contribution in [-0.2, 0) is 17.7 Å². The molecule has 29 heavy (non-hydrogen) atoms. The Balaban J connectivity index is 1.58. The molecule has 1 aromatic carbocycles. The van der Waals surface area contributed by atoms with Gasteiger partial charge in [0.25, 0.3) is 0 Å². The number of nitrogens with zero attached hydrogens (tertiary/aromatic N) is 5. The molecule has 158 valence electrons. The van der Waals surface area contributed by atoms with Crippen molar-refractivity contribution in [1.29, 1.82) is 0 Å². The van der Waals surface area contributed by atoms with Crippen LogP contribution in [0.2, 0.25) is 5.02 Å². The predicted molar refractivity (Wildman–Crippen MR) is 115 cm³/mol. The third kappa shape index (κ3) is 6.16. The van der Waals surface area contributed by atoms with Crippen molar-refractivity contribution in [3.63, 3.8) is 0 Å². The minimum absolute atomic E-state index is 0.195. The SMILES string of the molecule is CCc1nncn1CCNC(=NC)NCC(c1cccc(Cl)c1)N1CCOCC1. The third-order valence-electron chi connectivity index (χ3n) is 5.06. The van der Waals surface area contributed by atoms with Crippen molar-refractivity contribution in [3.8, 4) is 0 Å². The number of hydrogen-bond acceptors (Lipinski definition) is 5. The van der Waals surface area contributed by atoms with Gasteiger partial charge in [0.05, 0.1) is 19.3 Å². The van der Waals surface area contributed by atoms with Crippen LogP contribution in [0.4, 0.5) is 0 Å². The molecule has 9 heteroatoms. The summed E-state index contributed by atoms with van der Waals surface area (Å²) in [7, 11) is 1.79. The predicted octanol–water partition coefficient (Wildman–Crippen LogP) is 1.73. The Hall–Kier alpha value is -2.16. The van der Waals surface area contributed by atoms with Gasteiger partial charge in [-0.25, -0.2) is 0 Å². The van der Waals surface area contributed by atoms with Crippen molar-refractivity contribution in [3.05, 3.63) is 47.0 Å².